The summed E-state index contributed by atoms with van der Waals surface area (Å²) in [5, 5.41) is 4.12. The molecule has 0 aliphatic carbocycles. The van der Waals surface area contributed by atoms with Gasteiger partial charge in [-0.15, -0.1) is 11.3 Å². The first-order valence-corrected chi connectivity index (χ1v) is 10.1. The van der Waals surface area contributed by atoms with Crippen LogP contribution in [-0.4, -0.2) is 31.4 Å². The maximum Gasteiger partial charge on any atom is 0.416 e. The molecule has 0 saturated carbocycles. The molecule has 0 atom stereocenters. The third-order valence-corrected chi connectivity index (χ3v) is 5.21. The van der Waals surface area contributed by atoms with E-state index < -0.39 is 30.2 Å². The number of anilines is 2. The van der Waals surface area contributed by atoms with Gasteiger partial charge >= 0.3 is 12.1 Å². The van der Waals surface area contributed by atoms with Crippen LogP contribution in [0.25, 0.3) is 0 Å². The molecular formula is C22H17F3N2O4S. The van der Waals surface area contributed by atoms with Gasteiger partial charge in [-0.3, -0.25) is 9.59 Å². The number of para-hydroxylation sites is 1. The van der Waals surface area contributed by atoms with E-state index in [9.17, 15) is 27.6 Å². The Morgan fingerprint density at radius 2 is 1.69 bits per heavy atom. The summed E-state index contributed by atoms with van der Waals surface area (Å²) in [7, 11) is 1.52. The lowest BCUT2D eigenvalue weighted by Gasteiger charge is -2.19. The van der Waals surface area contributed by atoms with Gasteiger partial charge in [-0.1, -0.05) is 18.2 Å². The van der Waals surface area contributed by atoms with Crippen LogP contribution in [0.1, 0.15) is 25.6 Å². The molecule has 0 saturated heterocycles. The van der Waals surface area contributed by atoms with Crippen molar-refractivity contribution in [3.63, 3.8) is 0 Å². The van der Waals surface area contributed by atoms with Gasteiger partial charge in [-0.25, -0.2) is 4.79 Å². The normalized spacial score (nSPS) is 11.0. The molecule has 1 N–H and O–H groups in total. The first-order chi connectivity index (χ1) is 15.2. The minimum absolute atomic E-state index is 0.0854. The van der Waals surface area contributed by atoms with E-state index in [1.54, 1.807) is 35.7 Å². The summed E-state index contributed by atoms with van der Waals surface area (Å²) >= 11 is 1.26. The van der Waals surface area contributed by atoms with Gasteiger partial charge in [0, 0.05) is 12.7 Å². The molecule has 2 aromatic carbocycles. The van der Waals surface area contributed by atoms with Gasteiger partial charge < -0.3 is 15.0 Å². The number of hydrogen-bond acceptors (Lipinski definition) is 5. The molecule has 10 heteroatoms. The largest absolute Gasteiger partial charge is 0.452 e. The number of esters is 1. The number of hydrogen-bond donors (Lipinski definition) is 1. The van der Waals surface area contributed by atoms with Crippen molar-refractivity contribution in [3.8, 4) is 0 Å². The van der Waals surface area contributed by atoms with Crippen molar-refractivity contribution in [2.45, 2.75) is 6.18 Å². The Hall–Kier alpha value is -3.66. The molecule has 0 fully saturated rings. The number of nitrogens with zero attached hydrogens (tertiary/aromatic N) is 1. The lowest BCUT2D eigenvalue weighted by atomic mass is 10.1. The Morgan fingerprint density at radius 3 is 2.31 bits per heavy atom. The number of nitrogens with one attached hydrogen (secondary N) is 1. The van der Waals surface area contributed by atoms with Gasteiger partial charge in [-0.2, -0.15) is 13.2 Å². The van der Waals surface area contributed by atoms with Crippen LogP contribution in [0.3, 0.4) is 0 Å². The highest BCUT2D eigenvalue weighted by Gasteiger charge is 2.30. The fourth-order valence-electron chi connectivity index (χ4n) is 2.76. The summed E-state index contributed by atoms with van der Waals surface area (Å²) in [4.78, 5) is 39.0. The Labute approximate surface area is 185 Å². The van der Waals surface area contributed by atoms with E-state index in [0.29, 0.717) is 10.6 Å². The van der Waals surface area contributed by atoms with E-state index in [0.717, 1.165) is 24.3 Å². The molecule has 166 valence electrons. The third-order valence-electron chi connectivity index (χ3n) is 4.35. The zero-order valence-corrected chi connectivity index (χ0v) is 17.5. The number of ether oxygens (including phenoxy) is 1. The van der Waals surface area contributed by atoms with E-state index in [1.165, 1.54) is 29.4 Å². The van der Waals surface area contributed by atoms with Crippen LogP contribution >= 0.6 is 11.3 Å². The Bertz CT molecular complexity index is 1110. The molecule has 3 rings (SSSR count). The minimum atomic E-state index is -4.48. The van der Waals surface area contributed by atoms with Crippen molar-refractivity contribution in [1.29, 1.82) is 0 Å². The number of alkyl halides is 3. The Morgan fingerprint density at radius 1 is 1.00 bits per heavy atom. The van der Waals surface area contributed by atoms with Crippen molar-refractivity contribution in [3.05, 3.63) is 82.0 Å². The van der Waals surface area contributed by atoms with Crippen LogP contribution in [-0.2, 0) is 15.7 Å². The molecule has 6 nitrogen and oxygen atoms in total. The summed E-state index contributed by atoms with van der Waals surface area (Å²) in [6.07, 6.45) is -4.48. The highest BCUT2D eigenvalue weighted by Crippen LogP contribution is 2.29. The highest BCUT2D eigenvalue weighted by atomic mass is 32.1. The molecule has 0 radical (unpaired) electrons. The van der Waals surface area contributed by atoms with E-state index in [1.807, 2.05) is 0 Å². The number of carbonyl (C=O) groups excluding carboxylic acids is 3. The second kappa shape index (κ2) is 9.65. The number of thiophene rings is 1. The number of benzene rings is 2. The standard InChI is InChI=1S/C22H17F3N2O4S/c1-27(20(29)18-7-4-12-32-18)17-6-3-2-5-16(17)21(30)31-13-19(28)26-15-10-8-14(9-11-15)22(23,24)25/h2-12H,13H2,1H3,(H,26,28). The average Bonchev–Trinajstić information content (AvgIpc) is 3.31. The lowest BCUT2D eigenvalue weighted by Crippen LogP contribution is -2.28. The van der Waals surface area contributed by atoms with E-state index >= 15 is 0 Å². The van der Waals surface area contributed by atoms with Crippen LogP contribution in [0.5, 0.6) is 0 Å². The smallest absolute Gasteiger partial charge is 0.416 e. The van der Waals surface area contributed by atoms with Crippen LogP contribution < -0.4 is 10.2 Å². The predicted octanol–water partition coefficient (Wildman–Crippen LogP) is 4.84. The van der Waals surface area contributed by atoms with Crippen molar-refractivity contribution in [1.82, 2.24) is 0 Å². The third kappa shape index (κ3) is 5.52. The fraction of sp³-hybridized carbons (Fsp3) is 0.136. The number of amides is 2. The summed E-state index contributed by atoms with van der Waals surface area (Å²) in [6.45, 7) is -0.656. The van der Waals surface area contributed by atoms with Crippen LogP contribution in [0.2, 0.25) is 0 Å². The fourth-order valence-corrected chi connectivity index (χ4v) is 3.46. The first-order valence-electron chi connectivity index (χ1n) is 9.21. The number of rotatable bonds is 6. The summed E-state index contributed by atoms with van der Waals surface area (Å²) in [5.41, 5.74) is -0.332. The second-order valence-electron chi connectivity index (χ2n) is 6.56. The summed E-state index contributed by atoms with van der Waals surface area (Å²) in [6, 6.07) is 13.5. The minimum Gasteiger partial charge on any atom is -0.452 e. The monoisotopic (exact) mass is 462 g/mol. The van der Waals surface area contributed by atoms with Gasteiger partial charge in [0.1, 0.15) is 0 Å². The lowest BCUT2D eigenvalue weighted by molar-refractivity contribution is -0.137. The SMILES string of the molecule is CN(C(=O)c1cccs1)c1ccccc1C(=O)OCC(=O)Nc1ccc(C(F)(F)F)cc1. The molecule has 1 aromatic heterocycles. The first kappa shape index (κ1) is 23.0. The van der Waals surface area contributed by atoms with Gasteiger partial charge in [-0.05, 0) is 47.8 Å². The highest BCUT2D eigenvalue weighted by molar-refractivity contribution is 7.12. The summed E-state index contributed by atoms with van der Waals surface area (Å²) in [5.74, 6) is -1.85. The van der Waals surface area contributed by atoms with Crippen LogP contribution in [0.4, 0.5) is 24.5 Å². The van der Waals surface area contributed by atoms with Crippen LogP contribution in [0, 0.1) is 0 Å². The Kier molecular flexibility index (Phi) is 6.94. The zero-order valence-electron chi connectivity index (χ0n) is 16.7. The molecule has 3 aromatic rings. The summed E-state index contributed by atoms with van der Waals surface area (Å²) < 4.78 is 42.8. The molecule has 0 spiro atoms. The van der Waals surface area contributed by atoms with Crippen molar-refractivity contribution in [2.24, 2.45) is 0 Å². The maximum atomic E-state index is 12.6. The van der Waals surface area contributed by atoms with Crippen molar-refractivity contribution < 1.29 is 32.3 Å². The van der Waals surface area contributed by atoms with Gasteiger partial charge in [0.25, 0.3) is 11.8 Å². The zero-order chi connectivity index (χ0) is 23.3. The molecule has 0 aliphatic rings. The number of carbonyl (C=O) groups is 3. The van der Waals surface area contributed by atoms with E-state index in [4.69, 9.17) is 4.74 Å². The molecule has 0 unspecified atom stereocenters. The van der Waals surface area contributed by atoms with Gasteiger partial charge in [0.15, 0.2) is 6.61 Å². The topological polar surface area (TPSA) is 75.7 Å². The van der Waals surface area contributed by atoms with Crippen LogP contribution in [0.15, 0.2) is 66.0 Å². The Balaban J connectivity index is 1.63. The molecule has 2 amide bonds. The van der Waals surface area contributed by atoms with Gasteiger partial charge in [0.2, 0.25) is 0 Å². The molecule has 32 heavy (non-hydrogen) atoms. The second-order valence-corrected chi connectivity index (χ2v) is 7.51. The molecular weight excluding hydrogens is 445 g/mol. The van der Waals surface area contributed by atoms with Gasteiger partial charge in [0.05, 0.1) is 21.7 Å². The average molecular weight is 462 g/mol. The van der Waals surface area contributed by atoms with Crippen molar-refractivity contribution in [2.75, 3.05) is 23.9 Å². The van der Waals surface area contributed by atoms with E-state index in [-0.39, 0.29) is 17.2 Å². The quantitative estimate of drug-likeness (QED) is 0.532. The number of halogens is 3. The van der Waals surface area contributed by atoms with Crippen molar-refractivity contribution >= 4 is 40.5 Å². The molecule has 0 bridgehead atoms. The predicted molar refractivity (Wildman–Crippen MR) is 114 cm³/mol. The molecule has 0 aliphatic heterocycles. The van der Waals surface area contributed by atoms with E-state index in [2.05, 4.69) is 5.32 Å². The maximum absolute atomic E-state index is 12.6. The molecule has 1 heterocycles.